The van der Waals surface area contributed by atoms with Gasteiger partial charge < -0.3 is 0 Å². The minimum absolute atomic E-state index is 0.0920. The third-order valence-corrected chi connectivity index (χ3v) is 6.28. The van der Waals surface area contributed by atoms with Crippen LogP contribution in [0.25, 0.3) is 6.08 Å². The highest BCUT2D eigenvalue weighted by Gasteiger charge is 2.67. The molecule has 1 aromatic rings. The molecule has 2 aliphatic carbocycles. The molecule has 21 heavy (non-hydrogen) atoms. The van der Waals surface area contributed by atoms with E-state index < -0.39 is 0 Å². The summed E-state index contributed by atoms with van der Waals surface area (Å²) in [5.74, 6) is 1.25. The second-order valence-corrected chi connectivity index (χ2v) is 7.78. The van der Waals surface area contributed by atoms with Crippen LogP contribution in [0.4, 0.5) is 0 Å². The molecule has 0 saturated heterocycles. The molecule has 0 radical (unpaired) electrons. The number of hydrogen-bond donors (Lipinski definition) is 0. The van der Waals surface area contributed by atoms with Crippen LogP contribution in [0.5, 0.6) is 0 Å². The number of rotatable bonds is 2. The topological polar surface area (TPSA) is 17.1 Å². The van der Waals surface area contributed by atoms with E-state index in [0.717, 1.165) is 24.0 Å². The molecule has 2 fully saturated rings. The maximum atomic E-state index is 13.1. The quantitative estimate of drug-likeness (QED) is 0.694. The van der Waals surface area contributed by atoms with E-state index in [1.165, 1.54) is 5.56 Å². The second-order valence-electron chi connectivity index (χ2n) is 7.78. The van der Waals surface area contributed by atoms with Crippen LogP contribution < -0.4 is 0 Å². The van der Waals surface area contributed by atoms with Crippen LogP contribution >= 0.6 is 0 Å². The molecule has 2 bridgehead atoms. The average Bonchev–Trinajstić information content (AvgIpc) is 2.77. The highest BCUT2D eigenvalue weighted by molar-refractivity contribution is 6.08. The van der Waals surface area contributed by atoms with Crippen molar-refractivity contribution in [1.29, 1.82) is 0 Å². The van der Waals surface area contributed by atoms with Gasteiger partial charge in [-0.1, -0.05) is 57.5 Å². The van der Waals surface area contributed by atoms with Gasteiger partial charge in [0, 0.05) is 5.41 Å². The lowest BCUT2D eigenvalue weighted by atomic mass is 9.62. The molecule has 0 heterocycles. The van der Waals surface area contributed by atoms with Crippen LogP contribution in [-0.2, 0) is 4.79 Å². The maximum Gasteiger partial charge on any atom is 0.166 e. The Morgan fingerprint density at radius 1 is 1.19 bits per heavy atom. The average molecular weight is 282 g/mol. The highest BCUT2D eigenvalue weighted by Crippen LogP contribution is 2.68. The first-order valence-corrected chi connectivity index (χ1v) is 8.14. The van der Waals surface area contributed by atoms with Crippen molar-refractivity contribution in [3.63, 3.8) is 0 Å². The first-order valence-electron chi connectivity index (χ1n) is 8.14. The maximum absolute atomic E-state index is 13.1. The van der Waals surface area contributed by atoms with Crippen LogP contribution in [0.15, 0.2) is 29.8 Å². The zero-order valence-electron chi connectivity index (χ0n) is 13.9. The van der Waals surface area contributed by atoms with Gasteiger partial charge >= 0.3 is 0 Å². The Morgan fingerprint density at radius 3 is 2.33 bits per heavy atom. The summed E-state index contributed by atoms with van der Waals surface area (Å²) in [4.78, 5) is 13.1. The fourth-order valence-corrected chi connectivity index (χ4v) is 5.04. The molecule has 2 atom stereocenters. The van der Waals surface area contributed by atoms with Crippen LogP contribution in [0.1, 0.15) is 51.7 Å². The molecule has 2 aliphatic rings. The lowest BCUT2D eigenvalue weighted by Gasteiger charge is -2.39. The number of fused-ring (bicyclic) bond motifs is 2. The van der Waals surface area contributed by atoms with E-state index in [9.17, 15) is 4.79 Å². The molecule has 0 spiro atoms. The third kappa shape index (κ3) is 1.79. The molecule has 1 aromatic carbocycles. The number of aryl methyl sites for hydroxylation is 1. The van der Waals surface area contributed by atoms with Gasteiger partial charge in [-0.2, -0.15) is 0 Å². The minimum atomic E-state index is -0.145. The van der Waals surface area contributed by atoms with Crippen molar-refractivity contribution in [3.05, 3.63) is 41.0 Å². The summed E-state index contributed by atoms with van der Waals surface area (Å²) in [6.07, 6.45) is 4.37. The van der Waals surface area contributed by atoms with Crippen LogP contribution in [0.2, 0.25) is 0 Å². The minimum Gasteiger partial charge on any atom is -0.294 e. The van der Waals surface area contributed by atoms with Gasteiger partial charge in [-0.3, -0.25) is 4.79 Å². The summed E-state index contributed by atoms with van der Waals surface area (Å²) in [6.45, 7) is 11.1. The fraction of sp³-hybridized carbons (Fsp3) is 0.550. The van der Waals surface area contributed by atoms with Crippen molar-refractivity contribution in [1.82, 2.24) is 0 Å². The van der Waals surface area contributed by atoms with Gasteiger partial charge in [-0.25, -0.2) is 0 Å². The summed E-state index contributed by atoms with van der Waals surface area (Å²) in [5, 5.41) is 0. The molecule has 0 aliphatic heterocycles. The molecule has 3 rings (SSSR count). The Morgan fingerprint density at radius 2 is 1.81 bits per heavy atom. The monoisotopic (exact) mass is 282 g/mol. The number of carbonyl (C=O) groups excluding carboxylic acids is 1. The molecule has 1 nitrogen and oxygen atoms in total. The molecule has 1 heteroatoms. The molecule has 2 saturated carbocycles. The van der Waals surface area contributed by atoms with E-state index >= 15 is 0 Å². The van der Waals surface area contributed by atoms with Crippen molar-refractivity contribution in [2.45, 2.75) is 47.5 Å². The predicted octanol–water partition coefficient (Wildman–Crippen LogP) is 5.04. The van der Waals surface area contributed by atoms with E-state index in [1.807, 2.05) is 0 Å². The van der Waals surface area contributed by atoms with Gasteiger partial charge in [-0.05, 0) is 54.2 Å². The number of carbonyl (C=O) groups is 1. The van der Waals surface area contributed by atoms with Gasteiger partial charge in [0.25, 0.3) is 0 Å². The number of allylic oxidation sites excluding steroid dienone is 1. The zero-order valence-corrected chi connectivity index (χ0v) is 13.9. The smallest absolute Gasteiger partial charge is 0.166 e. The standard InChI is InChI=1S/C20H26O/c1-13(2)20-11-10-17(19(20,4)5)16(18(20)21)12-15-8-6-14(3)7-9-15/h6-9,12-13,17H,10-11H2,1-5H3/b16-12+. The van der Waals surface area contributed by atoms with Crippen molar-refractivity contribution in [2.75, 3.05) is 0 Å². The number of hydrogen-bond acceptors (Lipinski definition) is 1. The summed E-state index contributed by atoms with van der Waals surface area (Å²) in [7, 11) is 0. The fourth-order valence-electron chi connectivity index (χ4n) is 5.04. The molecular weight excluding hydrogens is 256 g/mol. The van der Waals surface area contributed by atoms with Crippen molar-refractivity contribution in [2.24, 2.45) is 22.7 Å². The molecule has 0 aromatic heterocycles. The Kier molecular flexibility index (Phi) is 3.16. The number of ketones is 1. The molecule has 112 valence electrons. The van der Waals surface area contributed by atoms with Crippen LogP contribution in [0.3, 0.4) is 0 Å². The van der Waals surface area contributed by atoms with Crippen molar-refractivity contribution >= 4 is 11.9 Å². The summed E-state index contributed by atoms with van der Waals surface area (Å²) in [6, 6.07) is 8.48. The van der Waals surface area contributed by atoms with E-state index in [4.69, 9.17) is 0 Å². The predicted molar refractivity (Wildman–Crippen MR) is 87.9 cm³/mol. The molecular formula is C20H26O. The lowest BCUT2D eigenvalue weighted by molar-refractivity contribution is -0.129. The molecule has 0 amide bonds. The number of Topliss-reactive ketones (excluding diaryl/α,β-unsaturated/α-hetero) is 1. The first-order chi connectivity index (χ1) is 9.80. The molecule has 0 N–H and O–H groups in total. The van der Waals surface area contributed by atoms with Gasteiger partial charge in [0.1, 0.15) is 0 Å². The Bertz CT molecular complexity index is 603. The van der Waals surface area contributed by atoms with E-state index in [1.54, 1.807) is 0 Å². The second kappa shape index (κ2) is 4.56. The number of benzene rings is 1. The Balaban J connectivity index is 2.07. The summed E-state index contributed by atoms with van der Waals surface area (Å²) >= 11 is 0. The Hall–Kier alpha value is -1.37. The zero-order chi connectivity index (χ0) is 15.4. The lowest BCUT2D eigenvalue weighted by Crippen LogP contribution is -2.40. The summed E-state index contributed by atoms with van der Waals surface area (Å²) in [5.41, 5.74) is 3.44. The van der Waals surface area contributed by atoms with Gasteiger partial charge in [0.05, 0.1) is 0 Å². The largest absolute Gasteiger partial charge is 0.294 e. The first kappa shape index (κ1) is 14.6. The van der Waals surface area contributed by atoms with E-state index in [-0.39, 0.29) is 10.8 Å². The van der Waals surface area contributed by atoms with Crippen LogP contribution in [-0.4, -0.2) is 5.78 Å². The third-order valence-electron chi connectivity index (χ3n) is 6.28. The SMILES string of the molecule is Cc1ccc(/C=C2/C(=O)C3(C(C)C)CCC2C3(C)C)cc1. The van der Waals surface area contributed by atoms with E-state index in [0.29, 0.717) is 17.6 Å². The van der Waals surface area contributed by atoms with Gasteiger partial charge in [0.2, 0.25) is 0 Å². The molecule has 2 unspecified atom stereocenters. The van der Waals surface area contributed by atoms with Gasteiger partial charge in [0.15, 0.2) is 5.78 Å². The summed E-state index contributed by atoms with van der Waals surface area (Å²) < 4.78 is 0. The van der Waals surface area contributed by atoms with Crippen molar-refractivity contribution in [3.8, 4) is 0 Å². The van der Waals surface area contributed by atoms with Crippen LogP contribution in [0, 0.1) is 29.6 Å². The normalized spacial score (nSPS) is 32.4. The highest BCUT2D eigenvalue weighted by atomic mass is 16.1. The van der Waals surface area contributed by atoms with E-state index in [2.05, 4.69) is 65.0 Å². The Labute approximate surface area is 128 Å². The van der Waals surface area contributed by atoms with Gasteiger partial charge in [-0.15, -0.1) is 0 Å². The van der Waals surface area contributed by atoms with Crippen molar-refractivity contribution < 1.29 is 4.79 Å².